The minimum atomic E-state index is 0.0854. The Bertz CT molecular complexity index is 388. The van der Waals surface area contributed by atoms with Crippen molar-refractivity contribution in [3.63, 3.8) is 0 Å². The first-order chi connectivity index (χ1) is 11.1. The third-order valence-corrected chi connectivity index (χ3v) is 5.21. The Labute approximate surface area is 140 Å². The van der Waals surface area contributed by atoms with Crippen LogP contribution in [0.2, 0.25) is 0 Å². The maximum absolute atomic E-state index is 12.1. The van der Waals surface area contributed by atoms with E-state index in [1.54, 1.807) is 0 Å². The van der Waals surface area contributed by atoms with E-state index in [1.807, 2.05) is 4.90 Å². The Morgan fingerprint density at radius 3 is 2.48 bits per heavy atom. The molecule has 2 aliphatic heterocycles. The smallest absolute Gasteiger partial charge is 0.224 e. The fourth-order valence-corrected chi connectivity index (χ4v) is 3.47. The van der Waals surface area contributed by atoms with Crippen molar-refractivity contribution in [2.24, 2.45) is 11.8 Å². The summed E-state index contributed by atoms with van der Waals surface area (Å²) in [6.45, 7) is 8.24. The van der Waals surface area contributed by atoms with Crippen LogP contribution >= 0.6 is 0 Å². The van der Waals surface area contributed by atoms with Crippen molar-refractivity contribution in [2.75, 3.05) is 52.9 Å². The minimum Gasteiger partial charge on any atom is -0.356 e. The van der Waals surface area contributed by atoms with E-state index in [2.05, 4.69) is 29.5 Å². The molecular formula is C17H32N4O2. The van der Waals surface area contributed by atoms with Crippen LogP contribution in [0.3, 0.4) is 0 Å². The van der Waals surface area contributed by atoms with Gasteiger partial charge in [0.1, 0.15) is 0 Å². The van der Waals surface area contributed by atoms with Crippen LogP contribution in [0.5, 0.6) is 0 Å². The molecule has 0 bridgehead atoms. The highest BCUT2D eigenvalue weighted by atomic mass is 16.2. The highest BCUT2D eigenvalue weighted by molar-refractivity contribution is 5.79. The number of piperidine rings is 1. The summed E-state index contributed by atoms with van der Waals surface area (Å²) in [5, 5.41) is 6.28. The number of rotatable bonds is 6. The molecule has 0 radical (unpaired) electrons. The van der Waals surface area contributed by atoms with Crippen molar-refractivity contribution >= 4 is 11.8 Å². The molecule has 23 heavy (non-hydrogen) atoms. The molecule has 2 amide bonds. The van der Waals surface area contributed by atoms with Crippen LogP contribution in [0.1, 0.15) is 32.6 Å². The zero-order chi connectivity index (χ0) is 16.7. The summed E-state index contributed by atoms with van der Waals surface area (Å²) < 4.78 is 0. The van der Waals surface area contributed by atoms with E-state index in [0.29, 0.717) is 31.2 Å². The Kier molecular flexibility index (Phi) is 7.30. The Morgan fingerprint density at radius 2 is 1.83 bits per heavy atom. The van der Waals surface area contributed by atoms with E-state index in [0.717, 1.165) is 52.1 Å². The van der Waals surface area contributed by atoms with Crippen molar-refractivity contribution < 1.29 is 9.59 Å². The van der Waals surface area contributed by atoms with Crippen LogP contribution in [0.15, 0.2) is 0 Å². The Hall–Kier alpha value is -1.14. The van der Waals surface area contributed by atoms with E-state index in [1.165, 1.54) is 0 Å². The quantitative estimate of drug-likeness (QED) is 0.737. The third-order valence-electron chi connectivity index (χ3n) is 5.21. The van der Waals surface area contributed by atoms with E-state index >= 15 is 0 Å². The zero-order valence-corrected chi connectivity index (χ0v) is 14.6. The van der Waals surface area contributed by atoms with Gasteiger partial charge in [-0.2, -0.15) is 0 Å². The van der Waals surface area contributed by atoms with Crippen molar-refractivity contribution in [1.29, 1.82) is 0 Å². The van der Waals surface area contributed by atoms with Gasteiger partial charge in [-0.1, -0.05) is 6.92 Å². The minimum absolute atomic E-state index is 0.0854. The molecule has 0 aliphatic carbocycles. The van der Waals surface area contributed by atoms with Crippen molar-refractivity contribution in [2.45, 2.75) is 32.6 Å². The van der Waals surface area contributed by atoms with Gasteiger partial charge in [-0.25, -0.2) is 0 Å². The topological polar surface area (TPSA) is 64.7 Å². The molecule has 6 heteroatoms. The third kappa shape index (κ3) is 6.11. The second-order valence-electron chi connectivity index (χ2n) is 7.05. The van der Waals surface area contributed by atoms with E-state index < -0.39 is 0 Å². The largest absolute Gasteiger partial charge is 0.356 e. The van der Waals surface area contributed by atoms with Gasteiger partial charge in [0.2, 0.25) is 11.8 Å². The van der Waals surface area contributed by atoms with Gasteiger partial charge in [-0.3, -0.25) is 9.59 Å². The first kappa shape index (κ1) is 18.2. The summed E-state index contributed by atoms with van der Waals surface area (Å²) in [4.78, 5) is 28.3. The van der Waals surface area contributed by atoms with Gasteiger partial charge in [-0.05, 0) is 44.8 Å². The van der Waals surface area contributed by atoms with E-state index in [9.17, 15) is 9.59 Å². The lowest BCUT2D eigenvalue weighted by Crippen LogP contribution is -2.47. The van der Waals surface area contributed by atoms with E-state index in [-0.39, 0.29) is 11.8 Å². The average Bonchev–Trinajstić information content (AvgIpc) is 2.56. The number of hydrogen-bond donors (Lipinski definition) is 2. The molecule has 0 saturated carbocycles. The highest BCUT2D eigenvalue weighted by Gasteiger charge is 2.22. The van der Waals surface area contributed by atoms with Gasteiger partial charge in [-0.15, -0.1) is 0 Å². The predicted octanol–water partition coefficient (Wildman–Crippen LogP) is 0.293. The number of likely N-dealkylation sites (N-methyl/N-ethyl adjacent to an activating group) is 1. The number of piperazine rings is 1. The molecule has 0 aromatic carbocycles. The van der Waals surface area contributed by atoms with Crippen molar-refractivity contribution in [1.82, 2.24) is 20.4 Å². The van der Waals surface area contributed by atoms with Crippen molar-refractivity contribution in [3.8, 4) is 0 Å². The lowest BCUT2D eigenvalue weighted by molar-refractivity contribution is -0.132. The first-order valence-corrected chi connectivity index (χ1v) is 9.00. The number of carbonyl (C=O) groups is 2. The second kappa shape index (κ2) is 9.23. The van der Waals surface area contributed by atoms with Crippen LogP contribution in [0.4, 0.5) is 0 Å². The SMILES string of the molecule is CC(CC(=O)NCCC(=O)N1CCN(C)CC1)C1CCNCC1. The molecule has 2 heterocycles. The number of amides is 2. The van der Waals surface area contributed by atoms with Gasteiger partial charge in [0, 0.05) is 45.6 Å². The van der Waals surface area contributed by atoms with Crippen LogP contribution in [-0.2, 0) is 9.59 Å². The molecule has 2 N–H and O–H groups in total. The second-order valence-corrected chi connectivity index (χ2v) is 7.05. The van der Waals surface area contributed by atoms with Gasteiger partial charge in [0.25, 0.3) is 0 Å². The summed E-state index contributed by atoms with van der Waals surface area (Å²) in [6, 6.07) is 0. The number of nitrogens with one attached hydrogen (secondary N) is 2. The van der Waals surface area contributed by atoms with Crippen LogP contribution < -0.4 is 10.6 Å². The van der Waals surface area contributed by atoms with Gasteiger partial charge in [0.15, 0.2) is 0 Å². The average molecular weight is 324 g/mol. The summed E-state index contributed by atoms with van der Waals surface area (Å²) in [6.07, 6.45) is 3.32. The molecule has 2 rings (SSSR count). The van der Waals surface area contributed by atoms with Gasteiger partial charge in [0.05, 0.1) is 0 Å². The molecule has 0 spiro atoms. The zero-order valence-electron chi connectivity index (χ0n) is 14.6. The Balaban J connectivity index is 1.59. The van der Waals surface area contributed by atoms with Crippen LogP contribution in [-0.4, -0.2) is 74.5 Å². The van der Waals surface area contributed by atoms with E-state index in [4.69, 9.17) is 0 Å². The number of nitrogens with zero attached hydrogens (tertiary/aromatic N) is 2. The first-order valence-electron chi connectivity index (χ1n) is 9.00. The predicted molar refractivity (Wildman–Crippen MR) is 91.1 cm³/mol. The molecule has 0 aromatic rings. The molecule has 2 fully saturated rings. The van der Waals surface area contributed by atoms with Crippen LogP contribution in [0, 0.1) is 11.8 Å². The fraction of sp³-hybridized carbons (Fsp3) is 0.882. The lowest BCUT2D eigenvalue weighted by Gasteiger charge is -2.32. The molecule has 1 atom stereocenters. The standard InChI is InChI=1S/C17H32N4O2/c1-14(15-3-6-18-7-4-15)13-16(22)19-8-5-17(23)21-11-9-20(2)10-12-21/h14-15,18H,3-13H2,1-2H3,(H,19,22). The fourth-order valence-electron chi connectivity index (χ4n) is 3.47. The highest BCUT2D eigenvalue weighted by Crippen LogP contribution is 2.24. The summed E-state index contributed by atoms with van der Waals surface area (Å²) in [5.41, 5.74) is 0. The molecular weight excluding hydrogens is 292 g/mol. The summed E-state index contributed by atoms with van der Waals surface area (Å²) in [7, 11) is 2.07. The Morgan fingerprint density at radius 1 is 1.17 bits per heavy atom. The number of carbonyl (C=O) groups excluding carboxylic acids is 2. The molecule has 2 aliphatic rings. The summed E-state index contributed by atoms with van der Waals surface area (Å²) in [5.74, 6) is 1.31. The maximum atomic E-state index is 12.1. The number of hydrogen-bond acceptors (Lipinski definition) is 4. The van der Waals surface area contributed by atoms with Crippen LogP contribution in [0.25, 0.3) is 0 Å². The summed E-state index contributed by atoms with van der Waals surface area (Å²) >= 11 is 0. The normalized spacial score (nSPS) is 21.9. The molecule has 2 saturated heterocycles. The van der Waals surface area contributed by atoms with Gasteiger partial charge < -0.3 is 20.4 Å². The monoisotopic (exact) mass is 324 g/mol. The molecule has 1 unspecified atom stereocenters. The van der Waals surface area contributed by atoms with Gasteiger partial charge >= 0.3 is 0 Å². The molecule has 0 aromatic heterocycles. The lowest BCUT2D eigenvalue weighted by atomic mass is 9.84. The van der Waals surface area contributed by atoms with Crippen molar-refractivity contribution in [3.05, 3.63) is 0 Å². The maximum Gasteiger partial charge on any atom is 0.224 e. The molecule has 132 valence electrons. The molecule has 6 nitrogen and oxygen atoms in total.